The normalized spacial score (nSPS) is 18.5. The number of amides is 1. The molecule has 2 N–H and O–H groups in total. The standard InChI is InChI=1S/C17H25N3O/c21-17(19-8-11-20-9-6-18-7-10-20)13-14-4-5-15-2-1-3-16(15)12-14/h4-5,12,18H,1-3,6-11,13H2,(H,19,21). The summed E-state index contributed by atoms with van der Waals surface area (Å²) in [7, 11) is 0. The zero-order valence-electron chi connectivity index (χ0n) is 12.7. The van der Waals surface area contributed by atoms with E-state index in [4.69, 9.17) is 0 Å². The summed E-state index contributed by atoms with van der Waals surface area (Å²) in [4.78, 5) is 14.4. The van der Waals surface area contributed by atoms with Crippen LogP contribution in [0.25, 0.3) is 0 Å². The average molecular weight is 287 g/mol. The van der Waals surface area contributed by atoms with Crippen molar-refractivity contribution in [3.8, 4) is 0 Å². The van der Waals surface area contributed by atoms with E-state index in [1.54, 1.807) is 0 Å². The van der Waals surface area contributed by atoms with E-state index in [1.165, 1.54) is 30.4 Å². The van der Waals surface area contributed by atoms with Crippen molar-refractivity contribution >= 4 is 5.91 Å². The molecular weight excluding hydrogens is 262 g/mol. The van der Waals surface area contributed by atoms with Gasteiger partial charge in [-0.15, -0.1) is 0 Å². The van der Waals surface area contributed by atoms with Gasteiger partial charge in [-0.1, -0.05) is 18.2 Å². The molecular formula is C17H25N3O. The first kappa shape index (κ1) is 14.5. The minimum atomic E-state index is 0.142. The largest absolute Gasteiger partial charge is 0.355 e. The minimum absolute atomic E-state index is 0.142. The third kappa shape index (κ3) is 4.05. The lowest BCUT2D eigenvalue weighted by molar-refractivity contribution is -0.120. The van der Waals surface area contributed by atoms with Gasteiger partial charge in [0.1, 0.15) is 0 Å². The van der Waals surface area contributed by atoms with Gasteiger partial charge in [-0.3, -0.25) is 9.69 Å². The van der Waals surface area contributed by atoms with E-state index in [2.05, 4.69) is 33.7 Å². The Kier molecular flexibility index (Phi) is 4.88. The van der Waals surface area contributed by atoms with Crippen molar-refractivity contribution in [1.29, 1.82) is 0 Å². The molecule has 1 aliphatic carbocycles. The quantitative estimate of drug-likeness (QED) is 0.839. The number of aryl methyl sites for hydroxylation is 2. The van der Waals surface area contributed by atoms with Crippen LogP contribution in [0.5, 0.6) is 0 Å². The van der Waals surface area contributed by atoms with Gasteiger partial charge in [-0.2, -0.15) is 0 Å². The number of rotatable bonds is 5. The number of carbonyl (C=O) groups is 1. The first-order valence-corrected chi connectivity index (χ1v) is 8.12. The monoisotopic (exact) mass is 287 g/mol. The number of benzene rings is 1. The second-order valence-electron chi connectivity index (χ2n) is 6.07. The summed E-state index contributed by atoms with van der Waals surface area (Å²) in [6.07, 6.45) is 4.14. The van der Waals surface area contributed by atoms with Crippen LogP contribution in [-0.4, -0.2) is 50.1 Å². The van der Waals surface area contributed by atoms with Crippen LogP contribution in [0.1, 0.15) is 23.1 Å². The van der Waals surface area contributed by atoms with Crippen molar-refractivity contribution < 1.29 is 4.79 Å². The number of nitrogens with zero attached hydrogens (tertiary/aromatic N) is 1. The smallest absolute Gasteiger partial charge is 0.224 e. The van der Waals surface area contributed by atoms with E-state index in [0.717, 1.165) is 44.8 Å². The maximum absolute atomic E-state index is 12.0. The van der Waals surface area contributed by atoms with E-state index in [0.29, 0.717) is 6.42 Å². The Hall–Kier alpha value is -1.39. The lowest BCUT2D eigenvalue weighted by Gasteiger charge is -2.27. The summed E-state index contributed by atoms with van der Waals surface area (Å²) in [6, 6.07) is 6.53. The number of nitrogens with one attached hydrogen (secondary N) is 2. The lowest BCUT2D eigenvalue weighted by Crippen LogP contribution is -2.46. The van der Waals surface area contributed by atoms with E-state index >= 15 is 0 Å². The summed E-state index contributed by atoms with van der Waals surface area (Å²) in [5.41, 5.74) is 4.06. The molecule has 114 valence electrons. The van der Waals surface area contributed by atoms with E-state index in [1.807, 2.05) is 0 Å². The lowest BCUT2D eigenvalue weighted by atomic mass is 10.0. The summed E-state index contributed by atoms with van der Waals surface area (Å²) < 4.78 is 0. The Balaban J connectivity index is 1.41. The molecule has 4 heteroatoms. The molecule has 0 saturated carbocycles. The third-order valence-corrected chi connectivity index (χ3v) is 4.49. The van der Waals surface area contributed by atoms with Crippen LogP contribution < -0.4 is 10.6 Å². The molecule has 0 spiro atoms. The summed E-state index contributed by atoms with van der Waals surface area (Å²) in [5.74, 6) is 0.142. The SMILES string of the molecule is O=C(Cc1ccc2c(c1)CCC2)NCCN1CCNCC1. The molecule has 4 nitrogen and oxygen atoms in total. The minimum Gasteiger partial charge on any atom is -0.355 e. The van der Waals surface area contributed by atoms with Crippen LogP contribution in [0.3, 0.4) is 0 Å². The van der Waals surface area contributed by atoms with Gasteiger partial charge in [0, 0.05) is 39.3 Å². The van der Waals surface area contributed by atoms with E-state index < -0.39 is 0 Å². The highest BCUT2D eigenvalue weighted by Crippen LogP contribution is 2.22. The van der Waals surface area contributed by atoms with Gasteiger partial charge in [0.25, 0.3) is 0 Å². The van der Waals surface area contributed by atoms with Gasteiger partial charge in [-0.05, 0) is 36.0 Å². The zero-order chi connectivity index (χ0) is 14.5. The fourth-order valence-electron chi connectivity index (χ4n) is 3.27. The average Bonchev–Trinajstić information content (AvgIpc) is 2.96. The molecule has 0 unspecified atom stereocenters. The van der Waals surface area contributed by atoms with Crippen molar-refractivity contribution in [2.75, 3.05) is 39.3 Å². The highest BCUT2D eigenvalue weighted by atomic mass is 16.1. The van der Waals surface area contributed by atoms with Gasteiger partial charge in [0.15, 0.2) is 0 Å². The van der Waals surface area contributed by atoms with Crippen LogP contribution in [0.4, 0.5) is 0 Å². The molecule has 1 heterocycles. The van der Waals surface area contributed by atoms with Crippen LogP contribution >= 0.6 is 0 Å². The van der Waals surface area contributed by atoms with Gasteiger partial charge >= 0.3 is 0 Å². The maximum Gasteiger partial charge on any atom is 0.224 e. The molecule has 1 amide bonds. The molecule has 0 radical (unpaired) electrons. The molecule has 0 aromatic heterocycles. The van der Waals surface area contributed by atoms with Crippen molar-refractivity contribution in [2.45, 2.75) is 25.7 Å². The van der Waals surface area contributed by atoms with Gasteiger partial charge in [0.2, 0.25) is 5.91 Å². The van der Waals surface area contributed by atoms with E-state index in [-0.39, 0.29) is 5.91 Å². The van der Waals surface area contributed by atoms with Crippen molar-refractivity contribution in [3.63, 3.8) is 0 Å². The first-order chi connectivity index (χ1) is 10.3. The molecule has 0 atom stereocenters. The fourth-order valence-corrected chi connectivity index (χ4v) is 3.27. The Morgan fingerprint density at radius 3 is 2.86 bits per heavy atom. The van der Waals surface area contributed by atoms with Gasteiger partial charge in [0.05, 0.1) is 6.42 Å². The topological polar surface area (TPSA) is 44.4 Å². The third-order valence-electron chi connectivity index (χ3n) is 4.49. The molecule has 1 aromatic carbocycles. The fraction of sp³-hybridized carbons (Fsp3) is 0.588. The predicted molar refractivity (Wildman–Crippen MR) is 84.5 cm³/mol. The Morgan fingerprint density at radius 1 is 1.19 bits per heavy atom. The number of fused-ring (bicyclic) bond motifs is 1. The Morgan fingerprint density at radius 2 is 2.00 bits per heavy atom. The summed E-state index contributed by atoms with van der Waals surface area (Å²) in [5, 5.41) is 6.38. The highest BCUT2D eigenvalue weighted by molar-refractivity contribution is 5.78. The number of hydrogen-bond acceptors (Lipinski definition) is 3. The first-order valence-electron chi connectivity index (χ1n) is 8.12. The van der Waals surface area contributed by atoms with E-state index in [9.17, 15) is 4.79 Å². The maximum atomic E-state index is 12.0. The molecule has 1 saturated heterocycles. The van der Waals surface area contributed by atoms with Crippen LogP contribution in [0.2, 0.25) is 0 Å². The molecule has 1 fully saturated rings. The number of carbonyl (C=O) groups excluding carboxylic acids is 1. The molecule has 1 aromatic rings. The molecule has 21 heavy (non-hydrogen) atoms. The summed E-state index contributed by atoms with van der Waals surface area (Å²) in [6.45, 7) is 5.99. The van der Waals surface area contributed by atoms with Crippen molar-refractivity contribution in [3.05, 3.63) is 34.9 Å². The Labute approximate surface area is 126 Å². The van der Waals surface area contributed by atoms with Crippen molar-refractivity contribution in [1.82, 2.24) is 15.5 Å². The second kappa shape index (κ2) is 7.05. The van der Waals surface area contributed by atoms with Crippen LogP contribution in [0.15, 0.2) is 18.2 Å². The second-order valence-corrected chi connectivity index (χ2v) is 6.07. The molecule has 2 aliphatic rings. The number of piperazine rings is 1. The zero-order valence-corrected chi connectivity index (χ0v) is 12.7. The van der Waals surface area contributed by atoms with Gasteiger partial charge in [-0.25, -0.2) is 0 Å². The highest BCUT2D eigenvalue weighted by Gasteiger charge is 2.13. The molecule has 3 rings (SSSR count). The predicted octanol–water partition coefficient (Wildman–Crippen LogP) is 0.739. The summed E-state index contributed by atoms with van der Waals surface area (Å²) >= 11 is 0. The molecule has 1 aliphatic heterocycles. The number of hydrogen-bond donors (Lipinski definition) is 2. The van der Waals surface area contributed by atoms with Crippen LogP contribution in [0, 0.1) is 0 Å². The Bertz CT molecular complexity index is 495. The van der Waals surface area contributed by atoms with Gasteiger partial charge < -0.3 is 10.6 Å². The van der Waals surface area contributed by atoms with Crippen LogP contribution in [-0.2, 0) is 24.1 Å². The molecule has 0 bridgehead atoms. The van der Waals surface area contributed by atoms with Crippen molar-refractivity contribution in [2.24, 2.45) is 0 Å².